The van der Waals surface area contributed by atoms with Crippen LogP contribution in [-0.2, 0) is 43.4 Å². The molecule has 0 saturated carbocycles. The van der Waals surface area contributed by atoms with Crippen molar-refractivity contribution in [3.8, 4) is 0 Å². The maximum Gasteiger partial charge on any atom is 0.0148 e. The van der Waals surface area contributed by atoms with Crippen LogP contribution in [0.2, 0.25) is 0 Å². The van der Waals surface area contributed by atoms with Crippen LogP contribution in [0.1, 0.15) is 13.8 Å². The first-order valence-electron chi connectivity index (χ1n) is 3.79. The van der Waals surface area contributed by atoms with Gasteiger partial charge < -0.3 is 0 Å². The van der Waals surface area contributed by atoms with Crippen molar-refractivity contribution in [3.05, 3.63) is 0 Å². The Labute approximate surface area is 107 Å². The molecule has 0 aromatic carbocycles. The van der Waals surface area contributed by atoms with Crippen molar-refractivity contribution < 1.29 is 36.8 Å². The number of carbonyl (C=O) groups is 2. The minimum Gasteiger partial charge on any atom is -0.260 e. The Bertz CT molecular complexity index is 260. The van der Waals surface area contributed by atoms with Gasteiger partial charge in [-0.15, -0.1) is 0 Å². The van der Waals surface area contributed by atoms with Crippen molar-refractivity contribution in [2.75, 3.05) is 12.5 Å². The van der Waals surface area contributed by atoms with Gasteiger partial charge in [0.25, 0.3) is 0 Å². The van der Waals surface area contributed by atoms with E-state index in [9.17, 15) is 13.8 Å². The van der Waals surface area contributed by atoms with E-state index in [0.717, 1.165) is 0 Å². The molecule has 1 unspecified atom stereocenters. The van der Waals surface area contributed by atoms with Crippen LogP contribution in [0.25, 0.3) is 0 Å². The standard InChI is InChI=1S/C6H9O3S.C2H6OS.Pt/c1-4(7)6(5(2)8)10(3)9;1-4(2)3;/h6H,3H2,1-2H3;1-2H3;/q-1;;+1. The Kier molecular flexibility index (Phi) is 11.3. The molecule has 0 rings (SSSR count). The van der Waals surface area contributed by atoms with E-state index in [1.165, 1.54) is 13.8 Å². The second-order valence-electron chi connectivity index (χ2n) is 2.78. The largest absolute Gasteiger partial charge is 0.260 e. The molecule has 0 aromatic rings. The van der Waals surface area contributed by atoms with E-state index in [1.54, 1.807) is 32.7 Å². The first-order chi connectivity index (χ1) is 6.73. The van der Waals surface area contributed by atoms with Gasteiger partial charge in [0.15, 0.2) is 0 Å². The molecule has 0 heterocycles. The van der Waals surface area contributed by atoms with E-state index in [-0.39, 0.29) is 11.6 Å². The van der Waals surface area contributed by atoms with Crippen molar-refractivity contribution in [3.63, 3.8) is 0 Å². The fourth-order valence-electron chi connectivity index (χ4n) is 0.687. The summed E-state index contributed by atoms with van der Waals surface area (Å²) in [6, 6.07) is 0. The van der Waals surface area contributed by atoms with Gasteiger partial charge in [0.05, 0.1) is 0 Å². The van der Waals surface area contributed by atoms with Crippen LogP contribution in [0.4, 0.5) is 0 Å². The second-order valence-corrected chi connectivity index (χ2v) is 6.73. The van der Waals surface area contributed by atoms with Crippen LogP contribution < -0.4 is 0 Å². The molecule has 4 nitrogen and oxygen atoms in total. The van der Waals surface area contributed by atoms with Gasteiger partial charge in [-0.25, -0.2) is 0 Å². The van der Waals surface area contributed by atoms with Crippen molar-refractivity contribution in [2.24, 2.45) is 0 Å². The first kappa shape index (κ1) is 17.7. The maximum atomic E-state index is 10.8. The van der Waals surface area contributed by atoms with E-state index in [1.807, 2.05) is 0 Å². The summed E-state index contributed by atoms with van der Waals surface area (Å²) in [7, 11) is -1.45. The molecule has 0 fully saturated rings. The summed E-state index contributed by atoms with van der Waals surface area (Å²) in [4.78, 5) is 21.7. The van der Waals surface area contributed by atoms with Crippen LogP contribution in [0, 0.1) is 0 Å². The van der Waals surface area contributed by atoms with Crippen LogP contribution in [0.5, 0.6) is 0 Å². The molecule has 15 heavy (non-hydrogen) atoms. The molecule has 0 radical (unpaired) electrons. The maximum absolute atomic E-state index is 10.8. The van der Waals surface area contributed by atoms with Crippen molar-refractivity contribution in [2.45, 2.75) is 19.1 Å². The Hall–Kier alpha value is 0.358. The minimum absolute atomic E-state index is 0.187. The van der Waals surface area contributed by atoms with Gasteiger partial charge in [-0.1, -0.05) is 0 Å². The van der Waals surface area contributed by atoms with Gasteiger partial charge in [-0.05, 0) is 0 Å². The molecule has 1 atom stereocenters. The van der Waals surface area contributed by atoms with Crippen LogP contribution in [0.3, 0.4) is 0 Å². The average molecular weight is 434 g/mol. The molecule has 0 aliphatic heterocycles. The molecular weight excluding hydrogens is 419 g/mol. The Morgan fingerprint density at radius 1 is 1.27 bits per heavy atom. The number of ketones is 2. The predicted octanol–water partition coefficient (Wildman–Crippen LogP) is 0.622. The van der Waals surface area contributed by atoms with E-state index >= 15 is 0 Å². The van der Waals surface area contributed by atoms with Crippen LogP contribution in [0.15, 0.2) is 0 Å². The van der Waals surface area contributed by atoms with E-state index < -0.39 is 26.8 Å². The Morgan fingerprint density at radius 3 is 1.60 bits per heavy atom. The van der Waals surface area contributed by atoms with E-state index in [2.05, 4.69) is 5.87 Å². The zero-order valence-electron chi connectivity index (χ0n) is 9.05. The summed E-state index contributed by atoms with van der Waals surface area (Å²) in [6.07, 6.45) is 3.28. The van der Waals surface area contributed by atoms with Gasteiger partial charge in [0.2, 0.25) is 0 Å². The van der Waals surface area contributed by atoms with Gasteiger partial charge in [-0.2, -0.15) is 0 Å². The molecule has 93 valence electrons. The molecular formula is C8H15O4PtS2. The number of carbonyl (C=O) groups excluding carboxylic acids is 2. The summed E-state index contributed by atoms with van der Waals surface area (Å²) in [5.74, 6) is 3.18. The number of rotatable bonds is 4. The summed E-state index contributed by atoms with van der Waals surface area (Å²) in [5, 5.41) is -0.688. The van der Waals surface area contributed by atoms with Crippen molar-refractivity contribution in [1.82, 2.24) is 0 Å². The third-order valence-corrected chi connectivity index (χ3v) is 3.85. The quantitative estimate of drug-likeness (QED) is 0.481. The molecule has 0 bridgehead atoms. The predicted molar refractivity (Wildman–Crippen MR) is 60.9 cm³/mol. The SMILES string of the molecule is C=S([O][Pt])C(C(C)=O)C(C)=O.CS(C)=O. The van der Waals surface area contributed by atoms with Crippen LogP contribution in [-0.4, -0.2) is 39.4 Å². The van der Waals surface area contributed by atoms with Crippen molar-refractivity contribution >= 4 is 39.0 Å². The molecule has 0 saturated heterocycles. The zero-order valence-corrected chi connectivity index (χ0v) is 13.0. The van der Waals surface area contributed by atoms with Crippen molar-refractivity contribution in [1.29, 1.82) is 0 Å². The summed E-state index contributed by atoms with van der Waals surface area (Å²) >= 11 is 1.63. The smallest absolute Gasteiger partial charge is 0.0148 e. The monoisotopic (exact) mass is 434 g/mol. The first-order valence-corrected chi connectivity index (χ1v) is 8.06. The fourth-order valence-corrected chi connectivity index (χ4v) is 2.14. The molecule has 7 heteroatoms. The van der Waals surface area contributed by atoms with E-state index in [4.69, 9.17) is 2.84 Å². The fraction of sp³-hybridized carbons (Fsp3) is 0.625. The van der Waals surface area contributed by atoms with Gasteiger partial charge in [-0.3, -0.25) is 4.21 Å². The molecule has 0 amide bonds. The Balaban J connectivity index is 0. The topological polar surface area (TPSA) is 60.4 Å². The molecule has 0 aliphatic carbocycles. The third kappa shape index (κ3) is 10.6. The van der Waals surface area contributed by atoms with Gasteiger partial charge >= 0.3 is 79.9 Å². The Morgan fingerprint density at radius 2 is 1.53 bits per heavy atom. The van der Waals surface area contributed by atoms with E-state index in [0.29, 0.717) is 0 Å². The summed E-state index contributed by atoms with van der Waals surface area (Å²) < 4.78 is 14.3. The molecule has 0 aromatic heterocycles. The summed E-state index contributed by atoms with van der Waals surface area (Å²) in [6.45, 7) is 2.74. The second kappa shape index (κ2) is 9.57. The molecule has 0 N–H and O–H groups in total. The summed E-state index contributed by atoms with van der Waals surface area (Å²) in [5.41, 5.74) is 0. The van der Waals surface area contributed by atoms with Gasteiger partial charge in [0, 0.05) is 23.3 Å². The average Bonchev–Trinajstić information content (AvgIpc) is 2.01. The minimum atomic E-state index is -0.836. The number of hydrogen-bond acceptors (Lipinski definition) is 4. The normalized spacial score (nSPS) is 12.0. The molecule has 0 spiro atoms. The van der Waals surface area contributed by atoms with Crippen LogP contribution >= 0.6 is 10.8 Å². The third-order valence-electron chi connectivity index (χ3n) is 1.07. The zero-order chi connectivity index (χ0) is 12.6. The number of Topliss-reactive ketones (excluding diaryl/α,β-unsaturated/α-hetero) is 2. The number of hydrogen-bond donors (Lipinski definition) is 0. The van der Waals surface area contributed by atoms with Gasteiger partial charge in [0.1, 0.15) is 0 Å². The molecule has 0 aliphatic rings.